The van der Waals surface area contributed by atoms with Crippen molar-refractivity contribution in [3.8, 4) is 11.8 Å². The lowest BCUT2D eigenvalue weighted by Gasteiger charge is -2.21. The minimum absolute atomic E-state index is 0.111. The van der Waals surface area contributed by atoms with E-state index in [9.17, 15) is 14.0 Å². The molecule has 1 fully saturated rings. The molecule has 2 amide bonds. The van der Waals surface area contributed by atoms with Gasteiger partial charge in [0.15, 0.2) is 0 Å². The first-order valence-electron chi connectivity index (χ1n) is 8.83. The predicted octanol–water partition coefficient (Wildman–Crippen LogP) is 3.83. The maximum absolute atomic E-state index is 13.2. The van der Waals surface area contributed by atoms with Gasteiger partial charge < -0.3 is 16.0 Å². The Kier molecular flexibility index (Phi) is 7.26. The Labute approximate surface area is 162 Å². The number of aromatic nitrogens is 1. The van der Waals surface area contributed by atoms with E-state index in [1.807, 2.05) is 0 Å². The van der Waals surface area contributed by atoms with Crippen LogP contribution >= 0.6 is 11.6 Å². The zero-order chi connectivity index (χ0) is 20.0. The molecule has 2 aromatic rings. The maximum Gasteiger partial charge on any atom is 0.296 e. The van der Waals surface area contributed by atoms with Gasteiger partial charge in [-0.3, -0.25) is 9.59 Å². The van der Waals surface area contributed by atoms with Crippen LogP contribution in [-0.2, 0) is 4.79 Å². The van der Waals surface area contributed by atoms with E-state index in [0.29, 0.717) is 27.7 Å². The molecule has 1 saturated carbocycles. The molecule has 1 aromatic carbocycles. The number of aryl methyl sites for hydroxylation is 1. The molecule has 0 unspecified atom stereocenters. The largest absolute Gasteiger partial charge is 0.366 e. The van der Waals surface area contributed by atoms with Gasteiger partial charge in [-0.1, -0.05) is 36.8 Å². The summed E-state index contributed by atoms with van der Waals surface area (Å²) >= 11 is 5.94. The third-order valence-corrected chi connectivity index (χ3v) is 4.91. The molecular weight excluding hydrogens is 369 g/mol. The number of carbonyl (C=O) groups is 2. The van der Waals surface area contributed by atoms with E-state index in [0.717, 1.165) is 18.9 Å². The summed E-state index contributed by atoms with van der Waals surface area (Å²) in [6.07, 6.45) is 6.04. The number of hydrogen-bond donors (Lipinski definition) is 3. The number of amides is 2. The van der Waals surface area contributed by atoms with E-state index < -0.39 is 11.7 Å². The number of carbonyl (C=O) groups excluding carboxylic acids is 2. The second-order valence-corrected chi connectivity index (χ2v) is 6.87. The molecule has 0 spiro atoms. The van der Waals surface area contributed by atoms with Gasteiger partial charge in [0.2, 0.25) is 0 Å². The topological polar surface area (TPSA) is 88.0 Å². The van der Waals surface area contributed by atoms with E-state index >= 15 is 0 Å². The highest BCUT2D eigenvalue weighted by Crippen LogP contribution is 2.29. The van der Waals surface area contributed by atoms with Crippen LogP contribution in [-0.4, -0.2) is 22.8 Å². The van der Waals surface area contributed by atoms with Crippen molar-refractivity contribution in [3.63, 3.8) is 0 Å². The number of hydrogen-bond acceptors (Lipinski definition) is 2. The summed E-state index contributed by atoms with van der Waals surface area (Å²) in [5, 5.41) is 3.79. The zero-order valence-corrected chi connectivity index (χ0v) is 16.2. The van der Waals surface area contributed by atoms with Gasteiger partial charge in [0.05, 0.1) is 16.1 Å². The molecule has 1 aliphatic carbocycles. The molecule has 5 nitrogen and oxygen atoms in total. The Hall–Kier alpha value is -2.52. The van der Waals surface area contributed by atoms with Crippen LogP contribution in [0.5, 0.6) is 0 Å². The lowest BCUT2D eigenvalue weighted by atomic mass is 9.95. The van der Waals surface area contributed by atoms with Crippen LogP contribution in [0.3, 0.4) is 0 Å². The summed E-state index contributed by atoms with van der Waals surface area (Å²) in [6.45, 7) is 3.42. The van der Waals surface area contributed by atoms with E-state index in [-0.39, 0.29) is 11.5 Å². The second-order valence-electron chi connectivity index (χ2n) is 6.49. The third-order valence-electron chi connectivity index (χ3n) is 4.43. The second kappa shape index (κ2) is 9.43. The highest BCUT2D eigenvalue weighted by atomic mass is 35.5. The number of nitrogens with two attached hydrogens (primary N) is 1. The summed E-state index contributed by atoms with van der Waals surface area (Å²) in [4.78, 5) is 25.0. The number of H-pyrrole nitrogens is 1. The number of aromatic amines is 1. The van der Waals surface area contributed by atoms with Gasteiger partial charge in [-0.05, 0) is 44.7 Å². The maximum atomic E-state index is 13.2. The van der Waals surface area contributed by atoms with E-state index in [1.54, 1.807) is 13.8 Å². The van der Waals surface area contributed by atoms with Crippen LogP contribution in [0.25, 0.3) is 10.9 Å². The SMILES string of the molecule is CC#CC(=O)NC1CCCCC1.Cc1[nH]c2c(C(N)=O)cc(F)cc2c1Cl. The van der Waals surface area contributed by atoms with Crippen LogP contribution in [0.2, 0.25) is 5.02 Å². The molecule has 1 heterocycles. The Bertz CT molecular complexity index is 905. The molecule has 4 N–H and O–H groups in total. The number of rotatable bonds is 2. The number of fused-ring (bicyclic) bond motifs is 1. The highest BCUT2D eigenvalue weighted by molar-refractivity contribution is 6.36. The molecule has 7 heteroatoms. The van der Waals surface area contributed by atoms with Crippen LogP contribution < -0.4 is 11.1 Å². The number of benzene rings is 1. The lowest BCUT2D eigenvalue weighted by molar-refractivity contribution is -0.116. The Balaban J connectivity index is 0.000000199. The average Bonchev–Trinajstić information content (AvgIpc) is 2.90. The fourth-order valence-corrected chi connectivity index (χ4v) is 3.33. The summed E-state index contributed by atoms with van der Waals surface area (Å²) in [7, 11) is 0. The van der Waals surface area contributed by atoms with Crippen molar-refractivity contribution in [1.29, 1.82) is 0 Å². The van der Waals surface area contributed by atoms with Crippen molar-refractivity contribution >= 4 is 34.3 Å². The summed E-state index contributed by atoms with van der Waals surface area (Å²) in [5.41, 5.74) is 6.41. The first-order chi connectivity index (χ1) is 12.8. The average molecular weight is 392 g/mol. The molecule has 144 valence electrons. The Morgan fingerprint density at radius 2 is 1.96 bits per heavy atom. The standard InChI is InChI=1S/C10H8ClFN2O.C10H15NO/c1-4-8(11)6-2-5(12)3-7(10(13)15)9(6)14-4;1-2-6-10(12)11-9-7-4-3-5-8-9/h2-3,14H,1H3,(H2,13,15);9H,3-5,7-8H2,1H3,(H,11,12). The normalized spacial score (nSPS) is 13.9. The van der Waals surface area contributed by atoms with Crippen LogP contribution in [0, 0.1) is 24.6 Å². The highest BCUT2D eigenvalue weighted by Gasteiger charge is 2.15. The van der Waals surface area contributed by atoms with Crippen molar-refractivity contribution in [2.75, 3.05) is 0 Å². The molecule has 0 atom stereocenters. The Morgan fingerprint density at radius 3 is 2.56 bits per heavy atom. The molecule has 1 aromatic heterocycles. The van der Waals surface area contributed by atoms with Gasteiger partial charge >= 0.3 is 0 Å². The van der Waals surface area contributed by atoms with Crippen molar-refractivity contribution in [2.45, 2.75) is 52.0 Å². The smallest absolute Gasteiger partial charge is 0.296 e. The predicted molar refractivity (Wildman–Crippen MR) is 105 cm³/mol. The lowest BCUT2D eigenvalue weighted by Crippen LogP contribution is -2.35. The number of nitrogens with one attached hydrogen (secondary N) is 2. The minimum atomic E-state index is -0.683. The van der Waals surface area contributed by atoms with Crippen LogP contribution in [0.1, 0.15) is 55.1 Å². The molecule has 1 aliphatic rings. The van der Waals surface area contributed by atoms with Crippen molar-refractivity contribution < 1.29 is 14.0 Å². The van der Waals surface area contributed by atoms with E-state index in [1.165, 1.54) is 25.3 Å². The summed E-state index contributed by atoms with van der Waals surface area (Å²) in [5.74, 6) is 3.75. The van der Waals surface area contributed by atoms with E-state index in [2.05, 4.69) is 22.1 Å². The van der Waals surface area contributed by atoms with Gasteiger partial charge in [0.1, 0.15) is 5.82 Å². The Morgan fingerprint density at radius 1 is 1.30 bits per heavy atom. The minimum Gasteiger partial charge on any atom is -0.366 e. The first-order valence-corrected chi connectivity index (χ1v) is 9.21. The number of halogens is 2. The summed E-state index contributed by atoms with van der Waals surface area (Å²) in [6, 6.07) is 2.75. The fraction of sp³-hybridized carbons (Fsp3) is 0.400. The van der Waals surface area contributed by atoms with E-state index in [4.69, 9.17) is 17.3 Å². The monoisotopic (exact) mass is 391 g/mol. The van der Waals surface area contributed by atoms with Crippen LogP contribution in [0.15, 0.2) is 12.1 Å². The van der Waals surface area contributed by atoms with Crippen molar-refractivity contribution in [1.82, 2.24) is 10.3 Å². The molecule has 27 heavy (non-hydrogen) atoms. The number of primary amides is 1. The first kappa shape index (κ1) is 20.8. The van der Waals surface area contributed by atoms with Crippen molar-refractivity contribution in [2.24, 2.45) is 5.73 Å². The molecule has 3 rings (SSSR count). The van der Waals surface area contributed by atoms with Gasteiger partial charge in [-0.2, -0.15) is 0 Å². The molecular formula is C20H23ClFN3O2. The van der Waals surface area contributed by atoms with Gasteiger partial charge in [-0.25, -0.2) is 4.39 Å². The molecule has 0 bridgehead atoms. The zero-order valence-electron chi connectivity index (χ0n) is 15.4. The van der Waals surface area contributed by atoms with Gasteiger partial charge in [-0.15, -0.1) is 0 Å². The van der Waals surface area contributed by atoms with Crippen LogP contribution in [0.4, 0.5) is 4.39 Å². The molecule has 0 saturated heterocycles. The summed E-state index contributed by atoms with van der Waals surface area (Å²) < 4.78 is 13.2. The molecule has 0 aliphatic heterocycles. The van der Waals surface area contributed by atoms with Gasteiger partial charge in [0.25, 0.3) is 11.8 Å². The quantitative estimate of drug-likeness (QED) is 0.679. The third kappa shape index (κ3) is 5.48. The fourth-order valence-electron chi connectivity index (χ4n) is 3.14. The molecule has 0 radical (unpaired) electrons. The van der Waals surface area contributed by atoms with Crippen molar-refractivity contribution in [3.05, 3.63) is 34.2 Å². The van der Waals surface area contributed by atoms with Gasteiger partial charge in [0, 0.05) is 17.1 Å².